The third kappa shape index (κ3) is 4.52. The molecule has 2 atom stereocenters. The van der Waals surface area contributed by atoms with Crippen molar-refractivity contribution in [3.8, 4) is 0 Å². The van der Waals surface area contributed by atoms with E-state index in [4.69, 9.17) is 0 Å². The molecule has 1 aliphatic rings. The van der Waals surface area contributed by atoms with Crippen LogP contribution < -0.4 is 5.32 Å². The third-order valence-corrected chi connectivity index (χ3v) is 7.15. The lowest BCUT2D eigenvalue weighted by atomic mass is 9.94. The predicted molar refractivity (Wildman–Crippen MR) is 114 cm³/mol. The van der Waals surface area contributed by atoms with Crippen LogP contribution in [0.25, 0.3) is 0 Å². The van der Waals surface area contributed by atoms with Gasteiger partial charge in [-0.2, -0.15) is 4.31 Å². The Morgan fingerprint density at radius 3 is 2.40 bits per heavy atom. The summed E-state index contributed by atoms with van der Waals surface area (Å²) in [5.74, 6) is 0.00901. The SMILES string of the molecule is Cc1c(NC(=O)c2cccc(S(=O)(=O)N3CC(C)CC(C)C3)c2)cccc1[N+](=O)[O-]. The molecule has 2 aromatic rings. The molecule has 0 saturated carbocycles. The van der Waals surface area contributed by atoms with Crippen molar-refractivity contribution >= 4 is 27.3 Å². The van der Waals surface area contributed by atoms with Crippen molar-refractivity contribution in [2.24, 2.45) is 11.8 Å². The van der Waals surface area contributed by atoms with E-state index in [1.807, 2.05) is 13.8 Å². The van der Waals surface area contributed by atoms with Gasteiger partial charge in [-0.1, -0.05) is 26.0 Å². The lowest BCUT2D eigenvalue weighted by molar-refractivity contribution is -0.385. The Morgan fingerprint density at radius 1 is 1.13 bits per heavy atom. The molecule has 1 fully saturated rings. The first-order valence-corrected chi connectivity index (χ1v) is 11.2. The molecule has 0 spiro atoms. The largest absolute Gasteiger partial charge is 0.321 e. The number of rotatable bonds is 5. The molecule has 2 aromatic carbocycles. The zero-order valence-electron chi connectivity index (χ0n) is 17.2. The normalized spacial score (nSPS) is 20.0. The van der Waals surface area contributed by atoms with Crippen LogP contribution in [0, 0.1) is 28.9 Å². The van der Waals surface area contributed by atoms with Crippen LogP contribution >= 0.6 is 0 Å². The van der Waals surface area contributed by atoms with E-state index in [2.05, 4.69) is 5.32 Å². The molecule has 1 N–H and O–H groups in total. The highest BCUT2D eigenvalue weighted by Gasteiger charge is 2.32. The van der Waals surface area contributed by atoms with Crippen LogP contribution in [-0.4, -0.2) is 36.6 Å². The van der Waals surface area contributed by atoms with Crippen LogP contribution in [0.3, 0.4) is 0 Å². The minimum atomic E-state index is -3.72. The van der Waals surface area contributed by atoms with Gasteiger partial charge in [-0.15, -0.1) is 0 Å². The van der Waals surface area contributed by atoms with Gasteiger partial charge >= 0.3 is 0 Å². The quantitative estimate of drug-likeness (QED) is 0.572. The number of carbonyl (C=O) groups is 1. The minimum absolute atomic E-state index is 0.0622. The molecule has 1 heterocycles. The summed E-state index contributed by atoms with van der Waals surface area (Å²) in [5.41, 5.74) is 0.703. The molecule has 3 rings (SSSR count). The van der Waals surface area contributed by atoms with E-state index in [-0.39, 0.29) is 28.0 Å². The summed E-state index contributed by atoms with van der Waals surface area (Å²) in [6, 6.07) is 10.3. The summed E-state index contributed by atoms with van der Waals surface area (Å²) in [6.07, 6.45) is 0.983. The number of nitro benzene ring substituents is 1. The van der Waals surface area contributed by atoms with Gasteiger partial charge in [0.05, 0.1) is 21.1 Å². The molecule has 1 saturated heterocycles. The average Bonchev–Trinajstić information content (AvgIpc) is 2.68. The molecule has 1 amide bonds. The van der Waals surface area contributed by atoms with Crippen LogP contribution in [0.4, 0.5) is 11.4 Å². The van der Waals surface area contributed by atoms with Crippen LogP contribution in [0.1, 0.15) is 36.2 Å². The standard InChI is InChI=1S/C21H25N3O5S/c1-14-10-15(2)13-23(12-14)30(28,29)18-7-4-6-17(11-18)21(25)22-19-8-5-9-20(16(19)3)24(26)27/h4-9,11,14-15H,10,12-13H2,1-3H3,(H,22,25). The van der Waals surface area contributed by atoms with E-state index in [9.17, 15) is 23.3 Å². The van der Waals surface area contributed by atoms with Crippen LogP contribution in [0.5, 0.6) is 0 Å². The number of anilines is 1. The second-order valence-electron chi connectivity index (χ2n) is 7.96. The fraction of sp³-hybridized carbons (Fsp3) is 0.381. The molecule has 160 valence electrons. The Labute approximate surface area is 176 Å². The second kappa shape index (κ2) is 8.53. The lowest BCUT2D eigenvalue weighted by Gasteiger charge is -2.34. The summed E-state index contributed by atoms with van der Waals surface area (Å²) in [6.45, 7) is 6.52. The highest BCUT2D eigenvalue weighted by atomic mass is 32.2. The van der Waals surface area contributed by atoms with Crippen LogP contribution in [0.2, 0.25) is 0 Å². The first kappa shape index (κ1) is 21.9. The van der Waals surface area contributed by atoms with Gasteiger partial charge in [0.1, 0.15) is 0 Å². The molecular formula is C21H25N3O5S. The molecular weight excluding hydrogens is 406 g/mol. The van der Waals surface area contributed by atoms with Gasteiger partial charge in [-0.05, 0) is 49.4 Å². The van der Waals surface area contributed by atoms with Gasteiger partial charge in [-0.25, -0.2) is 8.42 Å². The van der Waals surface area contributed by atoms with E-state index < -0.39 is 20.9 Å². The van der Waals surface area contributed by atoms with Gasteiger partial charge in [0.2, 0.25) is 10.0 Å². The maximum Gasteiger partial charge on any atom is 0.274 e. The topological polar surface area (TPSA) is 110 Å². The van der Waals surface area contributed by atoms with E-state index >= 15 is 0 Å². The van der Waals surface area contributed by atoms with Gasteiger partial charge < -0.3 is 5.32 Å². The second-order valence-corrected chi connectivity index (χ2v) is 9.89. The predicted octanol–water partition coefficient (Wildman–Crippen LogP) is 3.82. The van der Waals surface area contributed by atoms with E-state index in [1.54, 1.807) is 13.0 Å². The number of sulfonamides is 1. The summed E-state index contributed by atoms with van der Waals surface area (Å²) in [4.78, 5) is 23.4. The van der Waals surface area contributed by atoms with Crippen LogP contribution in [0.15, 0.2) is 47.4 Å². The van der Waals surface area contributed by atoms with Crippen molar-refractivity contribution in [2.75, 3.05) is 18.4 Å². The summed E-state index contributed by atoms with van der Waals surface area (Å²) >= 11 is 0. The molecule has 2 unspecified atom stereocenters. The lowest BCUT2D eigenvalue weighted by Crippen LogP contribution is -2.42. The number of carbonyl (C=O) groups excluding carboxylic acids is 1. The molecule has 0 bridgehead atoms. The highest BCUT2D eigenvalue weighted by molar-refractivity contribution is 7.89. The minimum Gasteiger partial charge on any atom is -0.321 e. The molecule has 9 heteroatoms. The van der Waals surface area contributed by atoms with Gasteiger partial charge in [0.25, 0.3) is 11.6 Å². The Hall–Kier alpha value is -2.78. The van der Waals surface area contributed by atoms with Crippen molar-refractivity contribution in [2.45, 2.75) is 32.1 Å². The number of nitro groups is 1. The first-order valence-electron chi connectivity index (χ1n) is 9.75. The van der Waals surface area contributed by atoms with Crippen molar-refractivity contribution in [3.63, 3.8) is 0 Å². The van der Waals surface area contributed by atoms with E-state index in [1.165, 1.54) is 40.7 Å². The average molecular weight is 432 g/mol. The van der Waals surface area contributed by atoms with Crippen molar-refractivity contribution in [1.29, 1.82) is 0 Å². The zero-order chi connectivity index (χ0) is 22.1. The van der Waals surface area contributed by atoms with Gasteiger partial charge in [0, 0.05) is 24.7 Å². The number of nitrogens with zero attached hydrogens (tertiary/aromatic N) is 2. The number of amides is 1. The Bertz CT molecular complexity index is 1070. The van der Waals surface area contributed by atoms with Gasteiger partial charge in [-0.3, -0.25) is 14.9 Å². The third-order valence-electron chi connectivity index (χ3n) is 5.32. The molecule has 8 nitrogen and oxygen atoms in total. The number of nitrogens with one attached hydrogen (secondary N) is 1. The van der Waals surface area contributed by atoms with Crippen molar-refractivity contribution < 1.29 is 18.1 Å². The number of piperidine rings is 1. The van der Waals surface area contributed by atoms with Crippen molar-refractivity contribution in [3.05, 3.63) is 63.7 Å². The van der Waals surface area contributed by atoms with Crippen LogP contribution in [-0.2, 0) is 10.0 Å². The molecule has 30 heavy (non-hydrogen) atoms. The van der Waals surface area contributed by atoms with E-state index in [0.29, 0.717) is 24.3 Å². The monoisotopic (exact) mass is 431 g/mol. The first-order chi connectivity index (χ1) is 14.1. The number of benzene rings is 2. The summed E-state index contributed by atoms with van der Waals surface area (Å²) in [7, 11) is -3.72. The summed E-state index contributed by atoms with van der Waals surface area (Å²) < 4.78 is 27.7. The Kier molecular flexibility index (Phi) is 6.23. The van der Waals surface area contributed by atoms with Gasteiger partial charge in [0.15, 0.2) is 0 Å². The zero-order valence-corrected chi connectivity index (χ0v) is 18.0. The van der Waals surface area contributed by atoms with E-state index in [0.717, 1.165) is 6.42 Å². The maximum absolute atomic E-state index is 13.1. The maximum atomic E-state index is 13.1. The Balaban J connectivity index is 1.86. The summed E-state index contributed by atoms with van der Waals surface area (Å²) in [5, 5.41) is 13.7. The molecule has 1 aliphatic heterocycles. The smallest absolute Gasteiger partial charge is 0.274 e. The highest BCUT2D eigenvalue weighted by Crippen LogP contribution is 2.28. The Morgan fingerprint density at radius 2 is 1.77 bits per heavy atom. The van der Waals surface area contributed by atoms with Crippen molar-refractivity contribution in [1.82, 2.24) is 4.31 Å². The molecule has 0 aromatic heterocycles. The molecule has 0 radical (unpaired) electrons. The fourth-order valence-corrected chi connectivity index (χ4v) is 5.63. The number of hydrogen-bond donors (Lipinski definition) is 1. The number of hydrogen-bond acceptors (Lipinski definition) is 5. The fourth-order valence-electron chi connectivity index (χ4n) is 3.90. The molecule has 0 aliphatic carbocycles.